The highest BCUT2D eigenvalue weighted by molar-refractivity contribution is 7.19. The topological polar surface area (TPSA) is 64.8 Å². The Morgan fingerprint density at radius 2 is 2.20 bits per heavy atom. The number of nitrogens with two attached hydrogens (primary N) is 1. The number of rotatable bonds is 4. The standard InChI is InChI=1S/C14H22N2O3S/c1-5-19-13(17)11-9(15)10(18-4)12(20-11)16-7-6-14(2,3)8-16/h5-8,15H2,1-4H3. The molecule has 112 valence electrons. The zero-order chi connectivity index (χ0) is 14.9. The summed E-state index contributed by atoms with van der Waals surface area (Å²) in [5.41, 5.74) is 6.70. The number of methoxy groups -OCH3 is 1. The van der Waals surface area contributed by atoms with Crippen molar-refractivity contribution in [2.75, 3.05) is 37.4 Å². The van der Waals surface area contributed by atoms with Gasteiger partial charge in [-0.05, 0) is 18.8 Å². The van der Waals surface area contributed by atoms with Crippen molar-refractivity contribution in [3.63, 3.8) is 0 Å². The van der Waals surface area contributed by atoms with Crippen molar-refractivity contribution in [1.29, 1.82) is 0 Å². The molecule has 20 heavy (non-hydrogen) atoms. The van der Waals surface area contributed by atoms with Crippen molar-refractivity contribution >= 4 is 28.0 Å². The number of hydrogen-bond donors (Lipinski definition) is 1. The number of hydrogen-bond acceptors (Lipinski definition) is 6. The van der Waals surface area contributed by atoms with Crippen molar-refractivity contribution < 1.29 is 14.3 Å². The zero-order valence-corrected chi connectivity index (χ0v) is 13.3. The lowest BCUT2D eigenvalue weighted by Crippen LogP contribution is -2.22. The molecule has 1 aromatic heterocycles. The minimum Gasteiger partial charge on any atom is -0.492 e. The smallest absolute Gasteiger partial charge is 0.350 e. The van der Waals surface area contributed by atoms with Gasteiger partial charge in [-0.3, -0.25) is 0 Å². The van der Waals surface area contributed by atoms with Crippen LogP contribution in [0.5, 0.6) is 5.75 Å². The van der Waals surface area contributed by atoms with Crippen molar-refractivity contribution in [3.05, 3.63) is 4.88 Å². The van der Waals surface area contributed by atoms with E-state index >= 15 is 0 Å². The Morgan fingerprint density at radius 3 is 2.70 bits per heavy atom. The highest BCUT2D eigenvalue weighted by Crippen LogP contribution is 2.47. The van der Waals surface area contributed by atoms with E-state index in [1.807, 2.05) is 0 Å². The third kappa shape index (κ3) is 2.70. The van der Waals surface area contributed by atoms with E-state index in [-0.39, 0.29) is 11.4 Å². The molecule has 1 aromatic rings. The van der Waals surface area contributed by atoms with Gasteiger partial charge in [0.1, 0.15) is 15.6 Å². The molecular formula is C14H22N2O3S. The van der Waals surface area contributed by atoms with Crippen LogP contribution in [0.1, 0.15) is 36.9 Å². The molecule has 1 fully saturated rings. The maximum absolute atomic E-state index is 11.9. The Bertz CT molecular complexity index is 511. The molecule has 0 atom stereocenters. The first-order valence-corrected chi connectivity index (χ1v) is 7.59. The predicted octanol–water partition coefficient (Wildman–Crippen LogP) is 2.75. The van der Waals surface area contributed by atoms with Crippen molar-refractivity contribution in [1.82, 2.24) is 0 Å². The molecule has 0 saturated carbocycles. The summed E-state index contributed by atoms with van der Waals surface area (Å²) in [4.78, 5) is 14.6. The summed E-state index contributed by atoms with van der Waals surface area (Å²) in [7, 11) is 1.58. The molecule has 6 heteroatoms. The van der Waals surface area contributed by atoms with Crippen LogP contribution < -0.4 is 15.4 Å². The fourth-order valence-corrected chi connectivity index (χ4v) is 3.56. The maximum Gasteiger partial charge on any atom is 0.350 e. The molecule has 5 nitrogen and oxygen atoms in total. The van der Waals surface area contributed by atoms with Gasteiger partial charge in [0.05, 0.1) is 13.7 Å². The number of nitrogen functional groups attached to an aromatic ring is 1. The van der Waals surface area contributed by atoms with Crippen LogP contribution >= 0.6 is 11.3 Å². The molecule has 2 heterocycles. The molecule has 2 rings (SSSR count). The summed E-state index contributed by atoms with van der Waals surface area (Å²) >= 11 is 1.36. The second-order valence-electron chi connectivity index (χ2n) is 5.74. The van der Waals surface area contributed by atoms with Crippen LogP contribution in [-0.4, -0.2) is 32.8 Å². The summed E-state index contributed by atoms with van der Waals surface area (Å²) in [6.07, 6.45) is 1.11. The third-order valence-electron chi connectivity index (χ3n) is 3.51. The average Bonchev–Trinajstić information content (AvgIpc) is 2.89. The second kappa shape index (κ2) is 5.52. The first-order valence-electron chi connectivity index (χ1n) is 6.78. The quantitative estimate of drug-likeness (QED) is 0.866. The third-order valence-corrected chi connectivity index (χ3v) is 4.74. The first kappa shape index (κ1) is 15.0. The van der Waals surface area contributed by atoms with Gasteiger partial charge in [0, 0.05) is 13.1 Å². The van der Waals surface area contributed by atoms with Gasteiger partial charge in [0.25, 0.3) is 0 Å². The van der Waals surface area contributed by atoms with Gasteiger partial charge >= 0.3 is 5.97 Å². The Labute approximate surface area is 123 Å². The van der Waals surface area contributed by atoms with Gasteiger partial charge in [-0.1, -0.05) is 13.8 Å². The van der Waals surface area contributed by atoms with Crippen LogP contribution in [0.2, 0.25) is 0 Å². The van der Waals surface area contributed by atoms with E-state index < -0.39 is 0 Å². The SMILES string of the molecule is CCOC(=O)c1sc(N2CCC(C)(C)C2)c(OC)c1N. The lowest BCUT2D eigenvalue weighted by molar-refractivity contribution is 0.0533. The highest BCUT2D eigenvalue weighted by Gasteiger charge is 2.34. The molecule has 2 N–H and O–H groups in total. The molecule has 0 aliphatic carbocycles. The van der Waals surface area contributed by atoms with Gasteiger partial charge in [-0.25, -0.2) is 4.79 Å². The maximum atomic E-state index is 11.9. The number of nitrogens with zero attached hydrogens (tertiary/aromatic N) is 1. The van der Waals surface area contributed by atoms with Gasteiger partial charge in [0.15, 0.2) is 5.75 Å². The van der Waals surface area contributed by atoms with Crippen LogP contribution in [0.4, 0.5) is 10.7 Å². The zero-order valence-electron chi connectivity index (χ0n) is 12.5. The molecular weight excluding hydrogens is 276 g/mol. The summed E-state index contributed by atoms with van der Waals surface area (Å²) in [6, 6.07) is 0. The molecule has 0 spiro atoms. The Hall–Kier alpha value is -1.43. The van der Waals surface area contributed by atoms with Crippen molar-refractivity contribution in [2.24, 2.45) is 5.41 Å². The molecule has 0 aromatic carbocycles. The number of esters is 1. The number of carbonyl (C=O) groups is 1. The van der Waals surface area contributed by atoms with Crippen LogP contribution in [0.15, 0.2) is 0 Å². The molecule has 1 saturated heterocycles. The number of anilines is 2. The molecule has 0 bridgehead atoms. The largest absolute Gasteiger partial charge is 0.492 e. The Kier molecular flexibility index (Phi) is 4.13. The van der Waals surface area contributed by atoms with Crippen LogP contribution in [0, 0.1) is 5.41 Å². The summed E-state index contributed by atoms with van der Waals surface area (Å²) in [5, 5.41) is 0.929. The summed E-state index contributed by atoms with van der Waals surface area (Å²) in [6.45, 7) is 8.48. The van der Waals surface area contributed by atoms with E-state index in [9.17, 15) is 4.79 Å². The van der Waals surface area contributed by atoms with Gasteiger partial charge in [-0.2, -0.15) is 0 Å². The van der Waals surface area contributed by atoms with Crippen LogP contribution in [0.3, 0.4) is 0 Å². The number of thiophene rings is 1. The van der Waals surface area contributed by atoms with Crippen LogP contribution in [0.25, 0.3) is 0 Å². The average molecular weight is 298 g/mol. The Balaban J connectivity index is 2.34. The lowest BCUT2D eigenvalue weighted by Gasteiger charge is -2.20. The lowest BCUT2D eigenvalue weighted by atomic mass is 9.93. The predicted molar refractivity (Wildman–Crippen MR) is 81.9 cm³/mol. The van der Waals surface area contributed by atoms with Crippen molar-refractivity contribution in [2.45, 2.75) is 27.2 Å². The molecule has 0 radical (unpaired) electrons. The first-order chi connectivity index (χ1) is 9.39. The van der Waals surface area contributed by atoms with E-state index in [1.54, 1.807) is 14.0 Å². The van der Waals surface area contributed by atoms with E-state index in [0.29, 0.717) is 22.9 Å². The normalized spacial score (nSPS) is 17.3. The van der Waals surface area contributed by atoms with E-state index in [1.165, 1.54) is 11.3 Å². The number of ether oxygens (including phenoxy) is 2. The fraction of sp³-hybridized carbons (Fsp3) is 0.643. The van der Waals surface area contributed by atoms with Crippen LogP contribution in [-0.2, 0) is 4.74 Å². The second-order valence-corrected chi connectivity index (χ2v) is 6.74. The Morgan fingerprint density at radius 1 is 1.50 bits per heavy atom. The van der Waals surface area contributed by atoms with E-state index in [4.69, 9.17) is 15.2 Å². The summed E-state index contributed by atoms with van der Waals surface area (Å²) < 4.78 is 10.4. The minimum absolute atomic E-state index is 0.272. The van der Waals surface area contributed by atoms with Crippen molar-refractivity contribution in [3.8, 4) is 5.75 Å². The minimum atomic E-state index is -0.377. The monoisotopic (exact) mass is 298 g/mol. The molecule has 1 aliphatic heterocycles. The number of carbonyl (C=O) groups excluding carboxylic acids is 1. The van der Waals surface area contributed by atoms with E-state index in [0.717, 1.165) is 24.5 Å². The van der Waals surface area contributed by atoms with Gasteiger partial charge in [0.2, 0.25) is 0 Å². The highest BCUT2D eigenvalue weighted by atomic mass is 32.1. The van der Waals surface area contributed by atoms with E-state index in [2.05, 4.69) is 18.7 Å². The van der Waals surface area contributed by atoms with Gasteiger partial charge < -0.3 is 20.1 Å². The molecule has 0 unspecified atom stereocenters. The molecule has 0 amide bonds. The fourth-order valence-electron chi connectivity index (χ4n) is 2.46. The molecule has 1 aliphatic rings. The van der Waals surface area contributed by atoms with Gasteiger partial charge in [-0.15, -0.1) is 11.3 Å². The summed E-state index contributed by atoms with van der Waals surface area (Å²) in [5.74, 6) is 0.216.